The normalized spacial score (nSPS) is 18.6. The maximum absolute atomic E-state index is 14.0. The monoisotopic (exact) mass is 837 g/mol. The predicted octanol–water partition coefficient (Wildman–Crippen LogP) is 6.08. The fraction of sp³-hybridized carbons (Fsp3) is 0.340. The molecular weight excluding hydrogens is 783 g/mol. The summed E-state index contributed by atoms with van der Waals surface area (Å²) in [5, 5.41) is 49.5. The Hall–Kier alpha value is -5.89. The number of pyridine rings is 1. The predicted molar refractivity (Wildman–Crippen MR) is 238 cm³/mol. The summed E-state index contributed by atoms with van der Waals surface area (Å²) >= 11 is 0. The lowest BCUT2D eigenvalue weighted by Gasteiger charge is -2.33. The molecule has 322 valence electrons. The topological polar surface area (TPSA) is 168 Å². The molecule has 6 N–H and O–H groups in total. The number of fused-ring (bicyclic) bond motifs is 1. The molecule has 0 saturated carbocycles. The maximum atomic E-state index is 14.0. The first kappa shape index (κ1) is 42.8. The number of carbonyl (C=O) groups is 2. The van der Waals surface area contributed by atoms with Crippen molar-refractivity contribution in [1.82, 2.24) is 20.1 Å². The fourth-order valence-corrected chi connectivity index (χ4v) is 8.81. The van der Waals surface area contributed by atoms with E-state index in [1.165, 1.54) is 11.6 Å². The standard InChI is InChI=1S/C50H55N5O7/c56-44-18-15-41(42-16-19-46(58)53-47(42)44)45(57)31-51-29-34-22-26-55(27-23-34)48(59)38-14-17-43(52-30-38)37-10-7-13-40(28-37)50(61,39-11-5-2-6-12-39)49(60)62-33-36-20-24-54(25-21-36)32-35-8-3-1-4-9-35/h1-19,28,30,34,36,45-46,51,53,56-58,61H,20-27,29,31-33H2/t45-,46?,50-/m0/s1. The molecule has 1 amide bonds. The maximum Gasteiger partial charge on any atom is 0.347 e. The molecular formula is C50H55N5O7. The van der Waals surface area contributed by atoms with Gasteiger partial charge in [-0.1, -0.05) is 91.0 Å². The number of aromatic nitrogens is 1. The molecule has 8 rings (SSSR count). The Bertz CT molecular complexity index is 2330. The molecule has 3 aliphatic heterocycles. The molecule has 2 saturated heterocycles. The first-order valence-corrected chi connectivity index (χ1v) is 21.6. The Morgan fingerprint density at radius 2 is 1.56 bits per heavy atom. The summed E-state index contributed by atoms with van der Waals surface area (Å²) in [4.78, 5) is 36.5. The van der Waals surface area contributed by atoms with Crippen LogP contribution in [0.15, 0.2) is 121 Å². The van der Waals surface area contributed by atoms with E-state index >= 15 is 0 Å². The Kier molecular flexibility index (Phi) is 13.4. The van der Waals surface area contributed by atoms with Gasteiger partial charge in [0, 0.05) is 49.1 Å². The third-order valence-electron chi connectivity index (χ3n) is 12.5. The van der Waals surface area contributed by atoms with Crippen molar-refractivity contribution < 1.29 is 34.8 Å². The van der Waals surface area contributed by atoms with Crippen LogP contribution >= 0.6 is 0 Å². The summed E-state index contributed by atoms with van der Waals surface area (Å²) in [6.07, 6.45) is 6.57. The van der Waals surface area contributed by atoms with Crippen LogP contribution in [0.1, 0.15) is 70.0 Å². The van der Waals surface area contributed by atoms with E-state index in [0.717, 1.165) is 45.3 Å². The lowest BCUT2D eigenvalue weighted by molar-refractivity contribution is -0.164. The Balaban J connectivity index is 0.847. The van der Waals surface area contributed by atoms with Crippen molar-refractivity contribution in [2.75, 3.05) is 51.2 Å². The summed E-state index contributed by atoms with van der Waals surface area (Å²) < 4.78 is 5.93. The Morgan fingerprint density at radius 3 is 2.29 bits per heavy atom. The number of hydrogen-bond donors (Lipinski definition) is 6. The molecule has 5 aromatic rings. The van der Waals surface area contributed by atoms with Crippen LogP contribution < -0.4 is 10.6 Å². The number of amides is 1. The van der Waals surface area contributed by atoms with Gasteiger partial charge in [0.05, 0.1) is 29.7 Å². The molecule has 1 aromatic heterocycles. The quantitative estimate of drug-likeness (QED) is 0.0567. The van der Waals surface area contributed by atoms with Crippen molar-refractivity contribution in [3.05, 3.63) is 155 Å². The number of piperidine rings is 2. The minimum absolute atomic E-state index is 0.0101. The number of likely N-dealkylation sites (tertiary alicyclic amines) is 2. The molecule has 1 unspecified atom stereocenters. The van der Waals surface area contributed by atoms with E-state index in [-0.39, 0.29) is 24.2 Å². The van der Waals surface area contributed by atoms with E-state index in [4.69, 9.17) is 4.74 Å². The van der Waals surface area contributed by atoms with Gasteiger partial charge < -0.3 is 40.7 Å². The summed E-state index contributed by atoms with van der Waals surface area (Å²) in [7, 11) is 0. The third-order valence-corrected chi connectivity index (χ3v) is 12.5. The van der Waals surface area contributed by atoms with Gasteiger partial charge >= 0.3 is 5.97 Å². The number of phenolic OH excluding ortho intramolecular Hbond substituents is 1. The molecule has 12 heteroatoms. The number of benzene rings is 4. The molecule has 0 radical (unpaired) electrons. The zero-order valence-electron chi connectivity index (χ0n) is 34.8. The molecule has 62 heavy (non-hydrogen) atoms. The first-order valence-electron chi connectivity index (χ1n) is 21.6. The Labute approximate surface area is 362 Å². The van der Waals surface area contributed by atoms with Crippen LogP contribution in [0.3, 0.4) is 0 Å². The average molecular weight is 838 g/mol. The van der Waals surface area contributed by atoms with Crippen LogP contribution in [0.5, 0.6) is 5.75 Å². The molecule has 2 fully saturated rings. The SMILES string of the molecule is O=C(c1ccc(-c2cccc([C@](O)(C(=O)OCC3CCN(Cc4ccccc4)CC3)c3ccccc3)c2)nc1)N1CCC(CNC[C@H](O)c2ccc(O)c3c2C=CC(O)N3)CC1. The second-order valence-electron chi connectivity index (χ2n) is 16.7. The van der Waals surface area contributed by atoms with Crippen LogP contribution in [0, 0.1) is 11.8 Å². The lowest BCUT2D eigenvalue weighted by atomic mass is 9.85. The van der Waals surface area contributed by atoms with E-state index in [1.54, 1.807) is 79.0 Å². The number of aromatic hydroxyl groups is 1. The van der Waals surface area contributed by atoms with Crippen LogP contribution in [0.4, 0.5) is 5.69 Å². The summed E-state index contributed by atoms with van der Waals surface area (Å²) in [5.74, 6) is -0.264. The van der Waals surface area contributed by atoms with Gasteiger partial charge in [-0.2, -0.15) is 0 Å². The van der Waals surface area contributed by atoms with Gasteiger partial charge in [0.2, 0.25) is 5.60 Å². The van der Waals surface area contributed by atoms with Crippen LogP contribution in [-0.4, -0.2) is 99.2 Å². The van der Waals surface area contributed by atoms with Gasteiger partial charge in [0.1, 0.15) is 12.0 Å². The van der Waals surface area contributed by atoms with Gasteiger partial charge in [-0.15, -0.1) is 0 Å². The molecule has 3 atom stereocenters. The fourth-order valence-electron chi connectivity index (χ4n) is 8.81. The number of nitrogens with zero attached hydrogens (tertiary/aromatic N) is 3. The Morgan fingerprint density at radius 1 is 0.855 bits per heavy atom. The van der Waals surface area contributed by atoms with E-state index in [1.807, 2.05) is 23.1 Å². The highest BCUT2D eigenvalue weighted by Crippen LogP contribution is 2.37. The largest absolute Gasteiger partial charge is 0.506 e. The second kappa shape index (κ2) is 19.4. The highest BCUT2D eigenvalue weighted by atomic mass is 16.5. The molecule has 0 aliphatic carbocycles. The smallest absolute Gasteiger partial charge is 0.347 e. The van der Waals surface area contributed by atoms with Crippen molar-refractivity contribution in [1.29, 1.82) is 0 Å². The molecule has 4 heterocycles. The molecule has 4 aromatic carbocycles. The van der Waals surface area contributed by atoms with Crippen molar-refractivity contribution in [2.45, 2.75) is 50.2 Å². The van der Waals surface area contributed by atoms with Crippen molar-refractivity contribution in [3.8, 4) is 17.0 Å². The molecule has 0 spiro atoms. The number of esters is 1. The average Bonchev–Trinajstić information content (AvgIpc) is 3.32. The highest BCUT2D eigenvalue weighted by molar-refractivity contribution is 5.94. The number of hydrogen-bond acceptors (Lipinski definition) is 11. The zero-order valence-corrected chi connectivity index (χ0v) is 34.8. The van der Waals surface area contributed by atoms with E-state index in [2.05, 4.69) is 44.8 Å². The van der Waals surface area contributed by atoms with Crippen molar-refractivity contribution in [2.24, 2.45) is 11.8 Å². The van der Waals surface area contributed by atoms with E-state index < -0.39 is 23.9 Å². The number of phenols is 1. The summed E-state index contributed by atoms with van der Waals surface area (Å²) in [5.41, 5.74) is 3.48. The lowest BCUT2D eigenvalue weighted by Crippen LogP contribution is -2.41. The number of anilines is 1. The number of aliphatic hydroxyl groups is 3. The van der Waals surface area contributed by atoms with Crippen LogP contribution in [0.25, 0.3) is 17.3 Å². The summed E-state index contributed by atoms with van der Waals surface area (Å²) in [6, 6.07) is 33.2. The van der Waals surface area contributed by atoms with Crippen molar-refractivity contribution in [3.63, 3.8) is 0 Å². The number of aliphatic hydroxyl groups excluding tert-OH is 2. The minimum atomic E-state index is -2.05. The number of rotatable bonds is 14. The van der Waals surface area contributed by atoms with Gasteiger partial charge in [-0.3, -0.25) is 14.7 Å². The van der Waals surface area contributed by atoms with Gasteiger partial charge in [0.25, 0.3) is 5.91 Å². The van der Waals surface area contributed by atoms with E-state index in [0.29, 0.717) is 76.9 Å². The molecule has 0 bridgehead atoms. The highest BCUT2D eigenvalue weighted by Gasteiger charge is 2.42. The zero-order chi connectivity index (χ0) is 43.1. The molecule has 12 nitrogen and oxygen atoms in total. The minimum Gasteiger partial charge on any atom is -0.506 e. The first-order chi connectivity index (χ1) is 30.2. The van der Waals surface area contributed by atoms with Gasteiger partial charge in [-0.05, 0) is 104 Å². The van der Waals surface area contributed by atoms with Crippen LogP contribution in [-0.2, 0) is 21.7 Å². The van der Waals surface area contributed by atoms with Crippen LogP contribution in [0.2, 0.25) is 0 Å². The second-order valence-corrected chi connectivity index (χ2v) is 16.7. The third kappa shape index (κ3) is 9.75. The van der Waals surface area contributed by atoms with E-state index in [9.17, 15) is 30.0 Å². The molecule has 3 aliphatic rings. The number of carbonyl (C=O) groups excluding carboxylic acids is 2. The summed E-state index contributed by atoms with van der Waals surface area (Å²) in [6.45, 7) is 5.17. The number of nitrogens with one attached hydrogen (secondary N) is 2. The van der Waals surface area contributed by atoms with Gasteiger partial charge in [0.15, 0.2) is 0 Å². The van der Waals surface area contributed by atoms with Crippen molar-refractivity contribution >= 4 is 23.6 Å². The number of ether oxygens (including phenoxy) is 1. The van der Waals surface area contributed by atoms with Gasteiger partial charge in [-0.25, -0.2) is 4.79 Å².